The van der Waals surface area contributed by atoms with E-state index in [1.807, 2.05) is 12.4 Å². The average Bonchev–Trinajstić information content (AvgIpc) is 2.96. The second kappa shape index (κ2) is 5.62. The van der Waals surface area contributed by atoms with E-state index in [1.54, 1.807) is 7.11 Å². The van der Waals surface area contributed by atoms with Gasteiger partial charge in [0.2, 0.25) is 11.0 Å². The Morgan fingerprint density at radius 1 is 1.39 bits per heavy atom. The van der Waals surface area contributed by atoms with Gasteiger partial charge in [0.05, 0.1) is 13.7 Å². The molecule has 2 heterocycles. The van der Waals surface area contributed by atoms with Crippen molar-refractivity contribution in [3.63, 3.8) is 0 Å². The SMILES string of the molecule is COc1nscc1CN(C)c1nc(C(C)C)ns1. The lowest BCUT2D eigenvalue weighted by molar-refractivity contribution is 0.397. The largest absolute Gasteiger partial charge is 0.480 e. The summed E-state index contributed by atoms with van der Waals surface area (Å²) in [4.78, 5) is 6.59. The molecule has 2 rings (SSSR count). The topological polar surface area (TPSA) is 51.1 Å². The Bertz CT molecular complexity index is 509. The molecule has 0 radical (unpaired) electrons. The molecule has 0 aliphatic heterocycles. The quantitative estimate of drug-likeness (QED) is 0.845. The Balaban J connectivity index is 2.09. The summed E-state index contributed by atoms with van der Waals surface area (Å²) in [5.74, 6) is 1.96. The number of rotatable bonds is 5. The van der Waals surface area contributed by atoms with E-state index >= 15 is 0 Å². The molecule has 2 aromatic rings. The fourth-order valence-electron chi connectivity index (χ4n) is 1.46. The second-order valence-corrected chi connectivity index (χ2v) is 5.65. The van der Waals surface area contributed by atoms with Crippen LogP contribution in [0.25, 0.3) is 0 Å². The molecule has 18 heavy (non-hydrogen) atoms. The monoisotopic (exact) mass is 284 g/mol. The van der Waals surface area contributed by atoms with Crippen molar-refractivity contribution in [3.8, 4) is 5.88 Å². The van der Waals surface area contributed by atoms with Crippen LogP contribution in [-0.4, -0.2) is 27.9 Å². The molecule has 5 nitrogen and oxygen atoms in total. The molecular formula is C11H16N4OS2. The van der Waals surface area contributed by atoms with Crippen molar-refractivity contribution in [2.45, 2.75) is 26.3 Å². The number of nitrogens with zero attached hydrogens (tertiary/aromatic N) is 4. The van der Waals surface area contributed by atoms with E-state index < -0.39 is 0 Å². The first-order chi connectivity index (χ1) is 8.61. The Hall–Kier alpha value is -1.21. The number of anilines is 1. The highest BCUT2D eigenvalue weighted by molar-refractivity contribution is 7.09. The van der Waals surface area contributed by atoms with Crippen LogP contribution >= 0.6 is 23.1 Å². The lowest BCUT2D eigenvalue weighted by atomic mass is 10.2. The molecule has 0 aromatic carbocycles. The molecule has 2 aromatic heterocycles. The van der Waals surface area contributed by atoms with Gasteiger partial charge >= 0.3 is 0 Å². The van der Waals surface area contributed by atoms with E-state index in [0.717, 1.165) is 23.1 Å². The number of hydrogen-bond acceptors (Lipinski definition) is 7. The highest BCUT2D eigenvalue weighted by Crippen LogP contribution is 2.25. The third-order valence-corrected chi connectivity index (χ3v) is 3.99. The fraction of sp³-hybridized carbons (Fsp3) is 0.545. The van der Waals surface area contributed by atoms with Crippen molar-refractivity contribution < 1.29 is 4.74 Å². The van der Waals surface area contributed by atoms with Gasteiger partial charge < -0.3 is 9.64 Å². The zero-order valence-electron chi connectivity index (χ0n) is 10.9. The van der Waals surface area contributed by atoms with E-state index in [-0.39, 0.29) is 0 Å². The fourth-order valence-corrected chi connectivity index (χ4v) is 2.87. The van der Waals surface area contributed by atoms with Gasteiger partial charge in [-0.15, -0.1) is 0 Å². The molecule has 98 valence electrons. The minimum absolute atomic E-state index is 0.362. The van der Waals surface area contributed by atoms with Crippen molar-refractivity contribution in [1.29, 1.82) is 0 Å². The Morgan fingerprint density at radius 3 is 2.78 bits per heavy atom. The Kier molecular flexibility index (Phi) is 4.13. The number of ether oxygens (including phenoxy) is 1. The van der Waals surface area contributed by atoms with Gasteiger partial charge in [-0.25, -0.2) is 4.98 Å². The maximum Gasteiger partial charge on any atom is 0.229 e. The molecule has 0 atom stereocenters. The van der Waals surface area contributed by atoms with Crippen LogP contribution in [0.3, 0.4) is 0 Å². The summed E-state index contributed by atoms with van der Waals surface area (Å²) in [6.45, 7) is 4.92. The van der Waals surface area contributed by atoms with Gasteiger partial charge in [0.15, 0.2) is 0 Å². The highest BCUT2D eigenvalue weighted by Gasteiger charge is 2.14. The van der Waals surface area contributed by atoms with Gasteiger partial charge in [0.25, 0.3) is 0 Å². The lowest BCUT2D eigenvalue weighted by Crippen LogP contribution is -2.16. The van der Waals surface area contributed by atoms with E-state index in [4.69, 9.17) is 4.74 Å². The first kappa shape index (κ1) is 13.2. The van der Waals surface area contributed by atoms with Gasteiger partial charge in [-0.1, -0.05) is 13.8 Å². The average molecular weight is 284 g/mol. The van der Waals surface area contributed by atoms with E-state index in [9.17, 15) is 0 Å². The summed E-state index contributed by atoms with van der Waals surface area (Å²) in [6, 6.07) is 0. The number of hydrogen-bond donors (Lipinski definition) is 0. The molecule has 7 heteroatoms. The van der Waals surface area contributed by atoms with E-state index in [0.29, 0.717) is 11.8 Å². The van der Waals surface area contributed by atoms with E-state index in [1.165, 1.54) is 23.1 Å². The van der Waals surface area contributed by atoms with Crippen LogP contribution in [0.15, 0.2) is 5.38 Å². The Morgan fingerprint density at radius 2 is 2.17 bits per heavy atom. The van der Waals surface area contributed by atoms with Gasteiger partial charge in [-0.05, 0) is 11.5 Å². The third kappa shape index (κ3) is 2.78. The first-order valence-corrected chi connectivity index (χ1v) is 7.24. The predicted molar refractivity (Wildman–Crippen MR) is 74.8 cm³/mol. The zero-order valence-corrected chi connectivity index (χ0v) is 12.5. The molecule has 0 saturated carbocycles. The molecular weight excluding hydrogens is 268 g/mol. The van der Waals surface area contributed by atoms with Crippen molar-refractivity contribution in [2.75, 3.05) is 19.1 Å². The van der Waals surface area contributed by atoms with E-state index in [2.05, 4.69) is 32.5 Å². The van der Waals surface area contributed by atoms with Crippen LogP contribution in [-0.2, 0) is 6.54 Å². The maximum atomic E-state index is 5.21. The second-order valence-electron chi connectivity index (χ2n) is 4.29. The minimum atomic E-state index is 0.362. The first-order valence-electron chi connectivity index (χ1n) is 5.63. The van der Waals surface area contributed by atoms with Crippen LogP contribution < -0.4 is 9.64 Å². The molecule has 0 spiro atoms. The molecule has 0 fully saturated rings. The van der Waals surface area contributed by atoms with Crippen molar-refractivity contribution in [2.24, 2.45) is 0 Å². The lowest BCUT2D eigenvalue weighted by Gasteiger charge is -2.14. The van der Waals surface area contributed by atoms with Gasteiger partial charge in [0.1, 0.15) is 5.82 Å². The molecule has 0 unspecified atom stereocenters. The summed E-state index contributed by atoms with van der Waals surface area (Å²) in [6.07, 6.45) is 0. The molecule has 0 bridgehead atoms. The van der Waals surface area contributed by atoms with Crippen LogP contribution in [0.1, 0.15) is 31.2 Å². The van der Waals surface area contributed by atoms with Crippen molar-refractivity contribution in [1.82, 2.24) is 13.7 Å². The number of methoxy groups -OCH3 is 1. The smallest absolute Gasteiger partial charge is 0.229 e. The number of aromatic nitrogens is 3. The summed E-state index contributed by atoms with van der Waals surface area (Å²) < 4.78 is 13.7. The normalized spacial score (nSPS) is 10.9. The van der Waals surface area contributed by atoms with Crippen LogP contribution in [0.2, 0.25) is 0 Å². The summed E-state index contributed by atoms with van der Waals surface area (Å²) in [5.41, 5.74) is 1.08. The minimum Gasteiger partial charge on any atom is -0.480 e. The Labute approximate surface area is 115 Å². The molecule has 0 amide bonds. The third-order valence-electron chi connectivity index (χ3n) is 2.48. The molecule has 0 N–H and O–H groups in total. The molecule has 0 aliphatic rings. The summed E-state index contributed by atoms with van der Waals surface area (Å²) in [7, 11) is 3.64. The van der Waals surface area contributed by atoms with Crippen molar-refractivity contribution >= 4 is 28.2 Å². The molecule has 0 aliphatic carbocycles. The van der Waals surface area contributed by atoms with Crippen molar-refractivity contribution in [3.05, 3.63) is 16.8 Å². The predicted octanol–water partition coefficient (Wildman–Crippen LogP) is 2.76. The van der Waals surface area contributed by atoms with Crippen LogP contribution in [0, 0.1) is 0 Å². The molecule has 0 saturated heterocycles. The van der Waals surface area contributed by atoms with Gasteiger partial charge in [-0.3, -0.25) is 0 Å². The summed E-state index contributed by atoms with van der Waals surface area (Å²) in [5, 5.41) is 2.92. The highest BCUT2D eigenvalue weighted by atomic mass is 32.1. The standard InChI is InChI=1S/C11H16N4OS2/c1-7(2)9-12-11(18-13-9)15(3)5-8-6-17-14-10(8)16-4/h6-7H,5H2,1-4H3. The van der Waals surface area contributed by atoms with Gasteiger partial charge in [-0.2, -0.15) is 8.75 Å². The van der Waals surface area contributed by atoms with Crippen LogP contribution in [0.4, 0.5) is 5.13 Å². The van der Waals surface area contributed by atoms with Crippen LogP contribution in [0.5, 0.6) is 5.88 Å². The summed E-state index contributed by atoms with van der Waals surface area (Å²) >= 11 is 2.83. The maximum absolute atomic E-state index is 5.21. The van der Waals surface area contributed by atoms with Gasteiger partial charge in [0, 0.05) is 35.4 Å². The zero-order chi connectivity index (χ0) is 13.1.